The lowest BCUT2D eigenvalue weighted by molar-refractivity contribution is 0.423. The quantitative estimate of drug-likeness (QED) is 0.792. The molecule has 2 rings (SSSR count). The molecule has 2 aromatic rings. The van der Waals surface area contributed by atoms with Gasteiger partial charge in [0.2, 0.25) is 5.88 Å². The number of hydrogen-bond acceptors (Lipinski definition) is 3. The van der Waals surface area contributed by atoms with E-state index in [0.29, 0.717) is 5.56 Å². The van der Waals surface area contributed by atoms with Gasteiger partial charge in [0.15, 0.2) is 0 Å². The van der Waals surface area contributed by atoms with Crippen molar-refractivity contribution < 1.29 is 9.50 Å². The molecule has 18 heavy (non-hydrogen) atoms. The zero-order valence-electron chi connectivity index (χ0n) is 9.82. The Balaban J connectivity index is 2.88. The van der Waals surface area contributed by atoms with E-state index < -0.39 is 22.9 Å². The molecule has 0 fully saturated rings. The van der Waals surface area contributed by atoms with Crippen molar-refractivity contribution in [1.29, 1.82) is 0 Å². The molecule has 6 heteroatoms. The molecular weight excluding hydrogens is 239 g/mol. The van der Waals surface area contributed by atoms with E-state index in [2.05, 4.69) is 0 Å². The summed E-state index contributed by atoms with van der Waals surface area (Å²) in [5.74, 6) is -1.19. The SMILES string of the molecule is Cc1cccc(-n2c(O)c(C)c(=O)[nH]c2=O)c1F. The van der Waals surface area contributed by atoms with Gasteiger partial charge in [-0.2, -0.15) is 0 Å². The summed E-state index contributed by atoms with van der Waals surface area (Å²) in [7, 11) is 0. The molecule has 0 amide bonds. The molecule has 94 valence electrons. The Kier molecular flexibility index (Phi) is 2.78. The fraction of sp³-hybridized carbons (Fsp3) is 0.167. The molecule has 2 N–H and O–H groups in total. The van der Waals surface area contributed by atoms with Crippen LogP contribution in [0.15, 0.2) is 27.8 Å². The molecule has 0 aliphatic heterocycles. The van der Waals surface area contributed by atoms with Gasteiger partial charge in [0, 0.05) is 0 Å². The van der Waals surface area contributed by atoms with Crippen LogP contribution in [0.5, 0.6) is 5.88 Å². The molecule has 0 atom stereocenters. The molecule has 0 saturated carbocycles. The number of halogens is 1. The van der Waals surface area contributed by atoms with E-state index in [9.17, 15) is 19.1 Å². The van der Waals surface area contributed by atoms with Gasteiger partial charge >= 0.3 is 5.69 Å². The van der Waals surface area contributed by atoms with Crippen molar-refractivity contribution in [1.82, 2.24) is 9.55 Å². The first-order valence-corrected chi connectivity index (χ1v) is 5.24. The van der Waals surface area contributed by atoms with E-state index in [0.717, 1.165) is 4.57 Å². The van der Waals surface area contributed by atoms with Gasteiger partial charge in [-0.05, 0) is 25.5 Å². The predicted molar refractivity (Wildman–Crippen MR) is 63.8 cm³/mol. The highest BCUT2D eigenvalue weighted by molar-refractivity contribution is 5.41. The summed E-state index contributed by atoms with van der Waals surface area (Å²) in [4.78, 5) is 24.9. The summed E-state index contributed by atoms with van der Waals surface area (Å²) >= 11 is 0. The van der Waals surface area contributed by atoms with E-state index in [1.165, 1.54) is 13.0 Å². The number of rotatable bonds is 1. The summed E-state index contributed by atoms with van der Waals surface area (Å²) < 4.78 is 14.7. The second-order valence-electron chi connectivity index (χ2n) is 3.95. The van der Waals surface area contributed by atoms with Gasteiger partial charge in [0.05, 0.1) is 11.3 Å². The van der Waals surface area contributed by atoms with E-state index in [1.807, 2.05) is 4.98 Å². The minimum Gasteiger partial charge on any atom is -0.494 e. The molecule has 1 heterocycles. The van der Waals surface area contributed by atoms with Crippen LogP contribution in [-0.2, 0) is 0 Å². The lowest BCUT2D eigenvalue weighted by atomic mass is 10.2. The molecular formula is C12H11FN2O3. The van der Waals surface area contributed by atoms with Crippen LogP contribution in [0, 0.1) is 19.7 Å². The molecule has 1 aromatic carbocycles. The van der Waals surface area contributed by atoms with Gasteiger partial charge < -0.3 is 5.11 Å². The molecule has 0 aliphatic carbocycles. The third-order valence-electron chi connectivity index (χ3n) is 2.72. The van der Waals surface area contributed by atoms with Crippen LogP contribution >= 0.6 is 0 Å². The van der Waals surface area contributed by atoms with E-state index in [-0.39, 0.29) is 11.3 Å². The number of H-pyrrole nitrogens is 1. The van der Waals surface area contributed by atoms with Crippen molar-refractivity contribution in [3.63, 3.8) is 0 Å². The summed E-state index contributed by atoms with van der Waals surface area (Å²) in [5.41, 5.74) is -1.38. The number of hydrogen-bond donors (Lipinski definition) is 2. The highest BCUT2D eigenvalue weighted by Crippen LogP contribution is 2.20. The van der Waals surface area contributed by atoms with Crippen molar-refractivity contribution >= 4 is 0 Å². The summed E-state index contributed by atoms with van der Waals surface area (Å²) in [6.45, 7) is 2.89. The fourth-order valence-electron chi connectivity index (χ4n) is 1.64. The molecule has 0 bridgehead atoms. The molecule has 5 nitrogen and oxygen atoms in total. The van der Waals surface area contributed by atoms with E-state index >= 15 is 0 Å². The van der Waals surface area contributed by atoms with Crippen LogP contribution in [0.25, 0.3) is 5.69 Å². The summed E-state index contributed by atoms with van der Waals surface area (Å²) in [6, 6.07) is 4.45. The van der Waals surface area contributed by atoms with E-state index in [4.69, 9.17) is 0 Å². The van der Waals surface area contributed by atoms with Crippen molar-refractivity contribution in [3.8, 4) is 11.6 Å². The maximum Gasteiger partial charge on any atom is 0.335 e. The van der Waals surface area contributed by atoms with Crippen LogP contribution in [-0.4, -0.2) is 14.7 Å². The first-order valence-electron chi connectivity index (χ1n) is 5.24. The second-order valence-corrected chi connectivity index (χ2v) is 3.95. The lowest BCUT2D eigenvalue weighted by Crippen LogP contribution is -2.30. The van der Waals surface area contributed by atoms with Crippen LogP contribution in [0.4, 0.5) is 4.39 Å². The van der Waals surface area contributed by atoms with Gasteiger partial charge in [-0.15, -0.1) is 0 Å². The molecule has 0 radical (unpaired) electrons. The van der Waals surface area contributed by atoms with Gasteiger partial charge in [-0.1, -0.05) is 12.1 Å². The predicted octanol–water partition coefficient (Wildman–Crippen LogP) is 0.987. The summed E-state index contributed by atoms with van der Waals surface area (Å²) in [5, 5.41) is 9.80. The fourth-order valence-corrected chi connectivity index (χ4v) is 1.64. The zero-order chi connectivity index (χ0) is 13.4. The molecule has 1 aromatic heterocycles. The first kappa shape index (κ1) is 12.1. The maximum atomic E-state index is 13.9. The maximum absolute atomic E-state index is 13.9. The van der Waals surface area contributed by atoms with E-state index in [1.54, 1.807) is 19.1 Å². The Morgan fingerprint density at radius 1 is 1.28 bits per heavy atom. The first-order chi connectivity index (χ1) is 8.43. The van der Waals surface area contributed by atoms with Crippen LogP contribution < -0.4 is 11.2 Å². The van der Waals surface area contributed by atoms with Crippen molar-refractivity contribution in [2.45, 2.75) is 13.8 Å². The molecule has 0 saturated heterocycles. The number of aryl methyl sites for hydroxylation is 1. The second kappa shape index (κ2) is 4.14. The van der Waals surface area contributed by atoms with Gasteiger partial charge in [0.1, 0.15) is 5.82 Å². The van der Waals surface area contributed by atoms with Crippen molar-refractivity contribution in [2.24, 2.45) is 0 Å². The number of aromatic hydroxyl groups is 1. The highest BCUT2D eigenvalue weighted by atomic mass is 19.1. The van der Waals surface area contributed by atoms with Gasteiger partial charge in [-0.3, -0.25) is 9.78 Å². The topological polar surface area (TPSA) is 75.1 Å². The zero-order valence-corrected chi connectivity index (χ0v) is 9.82. The van der Waals surface area contributed by atoms with Gasteiger partial charge in [-0.25, -0.2) is 13.8 Å². The number of aromatic amines is 1. The average molecular weight is 250 g/mol. The van der Waals surface area contributed by atoms with Gasteiger partial charge in [0.25, 0.3) is 5.56 Å². The standard InChI is InChI=1S/C12H11FN2O3/c1-6-4-3-5-8(9(6)13)15-11(17)7(2)10(16)14-12(15)18/h3-5,17H,1-2H3,(H,14,16,18). The van der Waals surface area contributed by atoms with Crippen LogP contribution in [0.3, 0.4) is 0 Å². The number of nitrogens with one attached hydrogen (secondary N) is 1. The Labute approximate surface area is 101 Å². The average Bonchev–Trinajstić information content (AvgIpc) is 2.32. The Bertz CT molecular complexity index is 731. The van der Waals surface area contributed by atoms with Crippen LogP contribution in [0.1, 0.15) is 11.1 Å². The number of benzene rings is 1. The monoisotopic (exact) mass is 250 g/mol. The third kappa shape index (κ3) is 1.71. The normalized spacial score (nSPS) is 10.6. The van der Waals surface area contributed by atoms with Crippen molar-refractivity contribution in [2.75, 3.05) is 0 Å². The lowest BCUT2D eigenvalue weighted by Gasteiger charge is -2.11. The Hall–Kier alpha value is -2.37. The highest BCUT2D eigenvalue weighted by Gasteiger charge is 2.15. The Morgan fingerprint density at radius 2 is 1.94 bits per heavy atom. The molecule has 0 unspecified atom stereocenters. The Morgan fingerprint density at radius 3 is 2.61 bits per heavy atom. The smallest absolute Gasteiger partial charge is 0.335 e. The van der Waals surface area contributed by atoms with Crippen LogP contribution in [0.2, 0.25) is 0 Å². The third-order valence-corrected chi connectivity index (χ3v) is 2.72. The molecule has 0 aliphatic rings. The minimum absolute atomic E-state index is 0.0458. The molecule has 0 spiro atoms. The van der Waals surface area contributed by atoms with Crippen molar-refractivity contribution in [3.05, 3.63) is 56.0 Å². The largest absolute Gasteiger partial charge is 0.494 e. The number of aromatic nitrogens is 2. The summed E-state index contributed by atoms with van der Waals surface area (Å²) in [6.07, 6.45) is 0. The number of nitrogens with zero attached hydrogens (tertiary/aromatic N) is 1. The minimum atomic E-state index is -0.882.